The molecule has 3 unspecified atom stereocenters. The molecule has 0 aromatic heterocycles. The zero-order chi connectivity index (χ0) is 15.9. The molecule has 22 heavy (non-hydrogen) atoms. The van der Waals surface area contributed by atoms with Crippen LogP contribution in [0.1, 0.15) is 31.7 Å². The Balaban J connectivity index is 1.86. The molecule has 1 aliphatic rings. The van der Waals surface area contributed by atoms with Gasteiger partial charge in [-0.15, -0.1) is 0 Å². The van der Waals surface area contributed by atoms with Crippen LogP contribution >= 0.6 is 0 Å². The van der Waals surface area contributed by atoms with Gasteiger partial charge in [-0.25, -0.2) is 0 Å². The average Bonchev–Trinajstić information content (AvgIpc) is 3.02. The summed E-state index contributed by atoms with van der Waals surface area (Å²) < 4.78 is 15.9. The summed E-state index contributed by atoms with van der Waals surface area (Å²) >= 11 is 0. The fourth-order valence-electron chi connectivity index (χ4n) is 3.02. The third kappa shape index (κ3) is 4.35. The van der Waals surface area contributed by atoms with Gasteiger partial charge >= 0.3 is 0 Å². The van der Waals surface area contributed by atoms with E-state index in [2.05, 4.69) is 5.32 Å². The van der Waals surface area contributed by atoms with E-state index in [4.69, 9.17) is 14.2 Å². The Morgan fingerprint density at radius 1 is 1.27 bits per heavy atom. The SMILES string of the molecule is CCOC(O)C1CCC(NCc2ccc(OC)cc2OC)C1. The van der Waals surface area contributed by atoms with E-state index in [-0.39, 0.29) is 5.92 Å². The third-order valence-electron chi connectivity index (χ3n) is 4.29. The molecule has 0 spiro atoms. The van der Waals surface area contributed by atoms with E-state index < -0.39 is 6.29 Å². The summed E-state index contributed by atoms with van der Waals surface area (Å²) in [6.45, 7) is 3.21. The van der Waals surface area contributed by atoms with Gasteiger partial charge < -0.3 is 24.6 Å². The van der Waals surface area contributed by atoms with Crippen molar-refractivity contribution < 1.29 is 19.3 Å². The van der Waals surface area contributed by atoms with Crippen LogP contribution in [0.25, 0.3) is 0 Å². The van der Waals surface area contributed by atoms with Gasteiger partial charge in [0, 0.05) is 36.7 Å². The molecule has 1 fully saturated rings. The Morgan fingerprint density at radius 2 is 2.09 bits per heavy atom. The van der Waals surface area contributed by atoms with Crippen LogP contribution in [-0.2, 0) is 11.3 Å². The monoisotopic (exact) mass is 309 g/mol. The first kappa shape index (κ1) is 17.1. The number of rotatable bonds is 8. The van der Waals surface area contributed by atoms with Crippen LogP contribution in [0.15, 0.2) is 18.2 Å². The molecule has 1 aromatic carbocycles. The molecule has 2 rings (SSSR count). The summed E-state index contributed by atoms with van der Waals surface area (Å²) in [5, 5.41) is 13.5. The maximum absolute atomic E-state index is 9.91. The van der Waals surface area contributed by atoms with Crippen molar-refractivity contribution in [2.24, 2.45) is 5.92 Å². The highest BCUT2D eigenvalue weighted by Gasteiger charge is 2.30. The highest BCUT2D eigenvalue weighted by atomic mass is 16.6. The van der Waals surface area contributed by atoms with E-state index >= 15 is 0 Å². The van der Waals surface area contributed by atoms with Gasteiger partial charge in [0.15, 0.2) is 6.29 Å². The van der Waals surface area contributed by atoms with Crippen LogP contribution in [0.2, 0.25) is 0 Å². The minimum atomic E-state index is -0.632. The van der Waals surface area contributed by atoms with Crippen molar-refractivity contribution >= 4 is 0 Å². The third-order valence-corrected chi connectivity index (χ3v) is 4.29. The molecule has 1 aliphatic carbocycles. The van der Waals surface area contributed by atoms with Crippen LogP contribution in [0.3, 0.4) is 0 Å². The Labute approximate surface area is 132 Å². The Kier molecular flexibility index (Phi) is 6.49. The lowest BCUT2D eigenvalue weighted by atomic mass is 10.1. The normalized spacial score (nSPS) is 22.5. The summed E-state index contributed by atoms with van der Waals surface area (Å²) in [7, 11) is 3.32. The summed E-state index contributed by atoms with van der Waals surface area (Å²) in [5.41, 5.74) is 1.11. The van der Waals surface area contributed by atoms with Crippen molar-refractivity contribution in [3.05, 3.63) is 23.8 Å². The van der Waals surface area contributed by atoms with Crippen molar-refractivity contribution in [1.29, 1.82) is 0 Å². The molecular formula is C17H27NO4. The fourth-order valence-corrected chi connectivity index (χ4v) is 3.02. The summed E-state index contributed by atoms with van der Waals surface area (Å²) in [6.07, 6.45) is 2.37. The molecule has 1 aromatic rings. The Bertz CT molecular complexity index is 466. The predicted molar refractivity (Wildman–Crippen MR) is 85.1 cm³/mol. The van der Waals surface area contributed by atoms with Gasteiger partial charge in [0.25, 0.3) is 0 Å². The molecule has 124 valence electrons. The number of aliphatic hydroxyl groups is 1. The first-order chi connectivity index (χ1) is 10.7. The van der Waals surface area contributed by atoms with Gasteiger partial charge in [-0.3, -0.25) is 0 Å². The number of hydrogen-bond acceptors (Lipinski definition) is 5. The van der Waals surface area contributed by atoms with Crippen molar-refractivity contribution in [3.8, 4) is 11.5 Å². The van der Waals surface area contributed by atoms with Crippen LogP contribution < -0.4 is 14.8 Å². The highest BCUT2D eigenvalue weighted by Crippen LogP contribution is 2.30. The first-order valence-electron chi connectivity index (χ1n) is 7.91. The van der Waals surface area contributed by atoms with Crippen molar-refractivity contribution in [2.45, 2.75) is 45.1 Å². The molecule has 0 amide bonds. The molecule has 0 saturated heterocycles. The summed E-state index contributed by atoms with van der Waals surface area (Å²) in [4.78, 5) is 0. The molecule has 0 radical (unpaired) electrons. The van der Waals surface area contributed by atoms with E-state index in [0.717, 1.165) is 42.9 Å². The zero-order valence-electron chi connectivity index (χ0n) is 13.7. The molecule has 0 aliphatic heterocycles. The average molecular weight is 309 g/mol. The Morgan fingerprint density at radius 3 is 2.77 bits per heavy atom. The number of methoxy groups -OCH3 is 2. The fraction of sp³-hybridized carbons (Fsp3) is 0.647. The van der Waals surface area contributed by atoms with E-state index in [1.807, 2.05) is 25.1 Å². The summed E-state index contributed by atoms with van der Waals surface area (Å²) in [5.74, 6) is 1.85. The molecule has 2 N–H and O–H groups in total. The van der Waals surface area contributed by atoms with Crippen molar-refractivity contribution in [3.63, 3.8) is 0 Å². The molecule has 5 heteroatoms. The smallest absolute Gasteiger partial charge is 0.157 e. The van der Waals surface area contributed by atoms with E-state index in [1.54, 1.807) is 14.2 Å². The van der Waals surface area contributed by atoms with Gasteiger partial charge in [-0.2, -0.15) is 0 Å². The molecular weight excluding hydrogens is 282 g/mol. The van der Waals surface area contributed by atoms with E-state index in [9.17, 15) is 5.11 Å². The van der Waals surface area contributed by atoms with Crippen LogP contribution in [-0.4, -0.2) is 38.3 Å². The second-order valence-electron chi connectivity index (χ2n) is 5.67. The Hall–Kier alpha value is -1.30. The maximum Gasteiger partial charge on any atom is 0.157 e. The van der Waals surface area contributed by atoms with Gasteiger partial charge in [-0.1, -0.05) is 6.07 Å². The quantitative estimate of drug-likeness (QED) is 0.722. The van der Waals surface area contributed by atoms with E-state index in [1.165, 1.54) is 0 Å². The minimum Gasteiger partial charge on any atom is -0.497 e. The molecule has 1 saturated carbocycles. The lowest BCUT2D eigenvalue weighted by Crippen LogP contribution is -2.28. The minimum absolute atomic E-state index is 0.232. The zero-order valence-corrected chi connectivity index (χ0v) is 13.7. The number of nitrogens with one attached hydrogen (secondary N) is 1. The van der Waals surface area contributed by atoms with Crippen LogP contribution in [0.5, 0.6) is 11.5 Å². The molecule has 0 bridgehead atoms. The number of aliphatic hydroxyl groups excluding tert-OH is 1. The number of benzene rings is 1. The predicted octanol–water partition coefficient (Wildman–Crippen LogP) is 2.32. The van der Waals surface area contributed by atoms with Crippen LogP contribution in [0, 0.1) is 5.92 Å². The van der Waals surface area contributed by atoms with Gasteiger partial charge in [0.1, 0.15) is 11.5 Å². The number of ether oxygens (including phenoxy) is 3. The summed E-state index contributed by atoms with van der Waals surface area (Å²) in [6, 6.07) is 6.27. The van der Waals surface area contributed by atoms with Crippen molar-refractivity contribution in [1.82, 2.24) is 5.32 Å². The van der Waals surface area contributed by atoms with Gasteiger partial charge in [0.2, 0.25) is 0 Å². The first-order valence-corrected chi connectivity index (χ1v) is 7.91. The standard InChI is InChI=1S/C17H27NO4/c1-4-22-17(19)12-5-7-14(9-12)18-11-13-6-8-15(20-2)10-16(13)21-3/h6,8,10,12,14,17-19H,4-5,7,9,11H2,1-3H3. The van der Waals surface area contributed by atoms with Gasteiger partial charge in [0.05, 0.1) is 14.2 Å². The maximum atomic E-state index is 9.91. The molecule has 0 heterocycles. The van der Waals surface area contributed by atoms with Gasteiger partial charge in [-0.05, 0) is 32.3 Å². The van der Waals surface area contributed by atoms with Crippen LogP contribution in [0.4, 0.5) is 0 Å². The second-order valence-corrected chi connectivity index (χ2v) is 5.67. The van der Waals surface area contributed by atoms with E-state index in [0.29, 0.717) is 12.6 Å². The lowest BCUT2D eigenvalue weighted by Gasteiger charge is -2.19. The highest BCUT2D eigenvalue weighted by molar-refractivity contribution is 5.40. The molecule has 5 nitrogen and oxygen atoms in total. The molecule has 3 atom stereocenters. The largest absolute Gasteiger partial charge is 0.497 e. The second kappa shape index (κ2) is 8.36. The number of hydrogen-bond donors (Lipinski definition) is 2. The van der Waals surface area contributed by atoms with Crippen molar-refractivity contribution in [2.75, 3.05) is 20.8 Å². The lowest BCUT2D eigenvalue weighted by molar-refractivity contribution is -0.129. The topological polar surface area (TPSA) is 60.0 Å².